The second-order valence-electron chi connectivity index (χ2n) is 4.77. The Bertz CT molecular complexity index is 612. The van der Waals surface area contributed by atoms with Gasteiger partial charge in [-0.1, -0.05) is 42.8 Å². The Morgan fingerprint density at radius 1 is 1.05 bits per heavy atom. The van der Waals surface area contributed by atoms with Gasteiger partial charge in [0.25, 0.3) is 0 Å². The fourth-order valence-corrected chi connectivity index (χ4v) is 2.37. The molecule has 0 aliphatic carbocycles. The largest absolute Gasteiger partial charge is 0.294 e. The molecule has 2 aromatic carbocycles. The summed E-state index contributed by atoms with van der Waals surface area (Å²) >= 11 is 6.30. The van der Waals surface area contributed by atoms with Crippen LogP contribution >= 0.6 is 11.6 Å². The third kappa shape index (κ3) is 2.87. The molecule has 0 aromatic heterocycles. The number of hydrogen-bond acceptors (Lipinski definition) is 1. The second-order valence-corrected chi connectivity index (χ2v) is 5.18. The molecule has 19 heavy (non-hydrogen) atoms. The summed E-state index contributed by atoms with van der Waals surface area (Å²) in [5.74, 6) is 0.165. The van der Waals surface area contributed by atoms with E-state index in [2.05, 4.69) is 13.0 Å². The predicted octanol–water partition coefficient (Wildman–Crippen LogP) is 5.22. The average Bonchev–Trinajstić information content (AvgIpc) is 2.42. The van der Waals surface area contributed by atoms with E-state index in [9.17, 15) is 4.79 Å². The van der Waals surface area contributed by atoms with E-state index in [0.29, 0.717) is 6.42 Å². The van der Waals surface area contributed by atoms with Crippen molar-refractivity contribution in [2.75, 3.05) is 0 Å². The topological polar surface area (TPSA) is 17.1 Å². The smallest absolute Gasteiger partial charge is 0.162 e. The van der Waals surface area contributed by atoms with Gasteiger partial charge in [-0.3, -0.25) is 4.79 Å². The highest BCUT2D eigenvalue weighted by molar-refractivity contribution is 6.33. The second kappa shape index (κ2) is 5.58. The van der Waals surface area contributed by atoms with Crippen molar-refractivity contribution in [2.45, 2.75) is 27.2 Å². The van der Waals surface area contributed by atoms with E-state index in [0.717, 1.165) is 21.7 Å². The predicted molar refractivity (Wildman–Crippen MR) is 81.0 cm³/mol. The Labute approximate surface area is 119 Å². The average molecular weight is 273 g/mol. The van der Waals surface area contributed by atoms with Gasteiger partial charge in [0, 0.05) is 22.6 Å². The van der Waals surface area contributed by atoms with Crippen LogP contribution in [0.2, 0.25) is 5.02 Å². The van der Waals surface area contributed by atoms with Crippen LogP contribution in [0.4, 0.5) is 0 Å². The minimum absolute atomic E-state index is 0.165. The van der Waals surface area contributed by atoms with E-state index >= 15 is 0 Å². The Hall–Kier alpha value is -1.60. The Morgan fingerprint density at radius 2 is 1.63 bits per heavy atom. The zero-order valence-electron chi connectivity index (χ0n) is 11.5. The lowest BCUT2D eigenvalue weighted by Gasteiger charge is -2.09. The van der Waals surface area contributed by atoms with Gasteiger partial charge in [-0.15, -0.1) is 0 Å². The third-order valence-corrected chi connectivity index (χ3v) is 3.74. The van der Waals surface area contributed by atoms with E-state index in [1.165, 1.54) is 11.1 Å². The fraction of sp³-hybridized carbons (Fsp3) is 0.235. The molecule has 2 heteroatoms. The summed E-state index contributed by atoms with van der Waals surface area (Å²) in [7, 11) is 0. The Balaban J connectivity index is 2.43. The SMILES string of the molecule is CCC(=O)c1ccc(-c2cc(C)c(C)cc2Cl)cc1. The van der Waals surface area contributed by atoms with Gasteiger partial charge < -0.3 is 0 Å². The molecule has 0 saturated heterocycles. The van der Waals surface area contributed by atoms with Gasteiger partial charge in [0.15, 0.2) is 5.78 Å². The number of benzene rings is 2. The van der Waals surface area contributed by atoms with Crippen molar-refractivity contribution in [2.24, 2.45) is 0 Å². The zero-order valence-corrected chi connectivity index (χ0v) is 12.2. The standard InChI is InChI=1S/C17H17ClO/c1-4-17(19)14-7-5-13(6-8-14)15-9-11(2)12(3)10-16(15)18/h5-10H,4H2,1-3H3. The molecule has 0 bridgehead atoms. The zero-order chi connectivity index (χ0) is 14.0. The lowest BCUT2D eigenvalue weighted by atomic mass is 9.98. The van der Waals surface area contributed by atoms with Gasteiger partial charge in [-0.25, -0.2) is 0 Å². The van der Waals surface area contributed by atoms with Gasteiger partial charge in [-0.2, -0.15) is 0 Å². The number of hydrogen-bond donors (Lipinski definition) is 0. The minimum Gasteiger partial charge on any atom is -0.294 e. The summed E-state index contributed by atoms with van der Waals surface area (Å²) in [6.45, 7) is 5.99. The van der Waals surface area contributed by atoms with Gasteiger partial charge in [-0.05, 0) is 42.7 Å². The molecule has 0 amide bonds. The molecule has 0 atom stereocenters. The minimum atomic E-state index is 0.165. The number of carbonyl (C=O) groups excluding carboxylic acids is 1. The van der Waals surface area contributed by atoms with Crippen molar-refractivity contribution >= 4 is 17.4 Å². The Morgan fingerprint density at radius 3 is 2.21 bits per heavy atom. The molecule has 0 aliphatic rings. The normalized spacial score (nSPS) is 10.5. The molecule has 0 heterocycles. The van der Waals surface area contributed by atoms with Gasteiger partial charge in [0.2, 0.25) is 0 Å². The maximum absolute atomic E-state index is 11.6. The van der Waals surface area contributed by atoms with Crippen molar-refractivity contribution in [1.29, 1.82) is 0 Å². The summed E-state index contributed by atoms with van der Waals surface area (Å²) in [6, 6.07) is 11.7. The number of rotatable bonds is 3. The first-order valence-electron chi connectivity index (χ1n) is 6.43. The molecule has 1 nitrogen and oxygen atoms in total. The van der Waals surface area contributed by atoms with Crippen molar-refractivity contribution in [3.05, 3.63) is 58.1 Å². The van der Waals surface area contributed by atoms with Crippen molar-refractivity contribution < 1.29 is 4.79 Å². The monoisotopic (exact) mass is 272 g/mol. The van der Waals surface area contributed by atoms with E-state index in [-0.39, 0.29) is 5.78 Å². The molecule has 2 rings (SSSR count). The van der Waals surface area contributed by atoms with Crippen molar-refractivity contribution in [3.8, 4) is 11.1 Å². The van der Waals surface area contributed by atoms with Crippen LogP contribution in [0.15, 0.2) is 36.4 Å². The summed E-state index contributed by atoms with van der Waals surface area (Å²) in [5.41, 5.74) is 5.21. The highest BCUT2D eigenvalue weighted by atomic mass is 35.5. The van der Waals surface area contributed by atoms with Crippen LogP contribution in [0.3, 0.4) is 0 Å². The lowest BCUT2D eigenvalue weighted by Crippen LogP contribution is -1.95. The van der Waals surface area contributed by atoms with E-state index < -0.39 is 0 Å². The molecule has 98 valence electrons. The van der Waals surface area contributed by atoms with Gasteiger partial charge in [0.1, 0.15) is 0 Å². The van der Waals surface area contributed by atoms with Crippen LogP contribution in [0.1, 0.15) is 34.8 Å². The summed E-state index contributed by atoms with van der Waals surface area (Å²) in [6.07, 6.45) is 0.531. The summed E-state index contributed by atoms with van der Waals surface area (Å²) in [4.78, 5) is 11.6. The number of Topliss-reactive ketones (excluding diaryl/α,β-unsaturated/α-hetero) is 1. The molecule has 0 radical (unpaired) electrons. The maximum Gasteiger partial charge on any atom is 0.162 e. The summed E-state index contributed by atoms with van der Waals surface area (Å²) in [5, 5.41) is 0.748. The molecule has 2 aromatic rings. The molecule has 0 fully saturated rings. The molecular weight excluding hydrogens is 256 g/mol. The van der Waals surface area contributed by atoms with E-state index in [1.807, 2.05) is 44.2 Å². The van der Waals surface area contributed by atoms with Crippen molar-refractivity contribution in [1.82, 2.24) is 0 Å². The number of halogens is 1. The van der Waals surface area contributed by atoms with Crippen LogP contribution in [0.5, 0.6) is 0 Å². The van der Waals surface area contributed by atoms with Gasteiger partial charge >= 0.3 is 0 Å². The van der Waals surface area contributed by atoms with Crippen molar-refractivity contribution in [3.63, 3.8) is 0 Å². The number of carbonyl (C=O) groups is 1. The first-order chi connectivity index (χ1) is 9.02. The number of ketones is 1. The fourth-order valence-electron chi connectivity index (χ4n) is 2.04. The molecule has 0 unspecified atom stereocenters. The molecule has 0 N–H and O–H groups in total. The maximum atomic E-state index is 11.6. The molecular formula is C17H17ClO. The quantitative estimate of drug-likeness (QED) is 0.701. The number of aryl methyl sites for hydroxylation is 2. The Kier molecular flexibility index (Phi) is 4.06. The first-order valence-corrected chi connectivity index (χ1v) is 6.81. The summed E-state index contributed by atoms with van der Waals surface area (Å²) < 4.78 is 0. The highest BCUT2D eigenvalue weighted by Crippen LogP contribution is 2.30. The molecule has 0 aliphatic heterocycles. The molecule has 0 saturated carbocycles. The van der Waals surface area contributed by atoms with E-state index in [1.54, 1.807) is 0 Å². The molecule has 0 spiro atoms. The lowest BCUT2D eigenvalue weighted by molar-refractivity contribution is 0.0988. The third-order valence-electron chi connectivity index (χ3n) is 3.42. The van der Waals surface area contributed by atoms with Crippen LogP contribution < -0.4 is 0 Å². The van der Waals surface area contributed by atoms with Crippen LogP contribution in [-0.2, 0) is 0 Å². The first kappa shape index (κ1) is 13.8. The van der Waals surface area contributed by atoms with Crippen LogP contribution in [-0.4, -0.2) is 5.78 Å². The van der Waals surface area contributed by atoms with Crippen LogP contribution in [0, 0.1) is 13.8 Å². The van der Waals surface area contributed by atoms with E-state index in [4.69, 9.17) is 11.6 Å². The van der Waals surface area contributed by atoms with Gasteiger partial charge in [0.05, 0.1) is 0 Å². The highest BCUT2D eigenvalue weighted by Gasteiger charge is 2.08. The van der Waals surface area contributed by atoms with Crippen LogP contribution in [0.25, 0.3) is 11.1 Å².